The number of benzene rings is 1. The summed E-state index contributed by atoms with van der Waals surface area (Å²) in [5.74, 6) is 0.214. The van der Waals surface area contributed by atoms with Crippen molar-refractivity contribution in [1.29, 1.82) is 5.26 Å². The molecule has 1 aromatic heterocycles. The van der Waals surface area contributed by atoms with Crippen LogP contribution in [0.5, 0.6) is 0 Å². The van der Waals surface area contributed by atoms with Crippen molar-refractivity contribution in [3.63, 3.8) is 0 Å². The van der Waals surface area contributed by atoms with Gasteiger partial charge in [-0.25, -0.2) is 0 Å². The largest absolute Gasteiger partial charge is 0.467 e. The lowest BCUT2D eigenvalue weighted by atomic mass is 10.1. The Morgan fingerprint density at radius 3 is 2.70 bits per heavy atom. The Kier molecular flexibility index (Phi) is 4.75. The first-order chi connectivity index (χ1) is 9.69. The van der Waals surface area contributed by atoms with Gasteiger partial charge in [0, 0.05) is 4.47 Å². The third kappa shape index (κ3) is 3.84. The summed E-state index contributed by atoms with van der Waals surface area (Å²) in [5, 5.41) is 11.7. The zero-order valence-corrected chi connectivity index (χ0v) is 12.1. The molecule has 0 saturated carbocycles. The molecule has 1 amide bonds. The van der Waals surface area contributed by atoms with E-state index in [1.54, 1.807) is 18.2 Å². The molecule has 2 rings (SSSR count). The first-order valence-corrected chi connectivity index (χ1v) is 6.66. The van der Waals surface area contributed by atoms with E-state index < -0.39 is 5.91 Å². The third-order valence-electron chi connectivity index (χ3n) is 2.55. The van der Waals surface area contributed by atoms with Crippen molar-refractivity contribution in [3.05, 3.63) is 64.0 Å². The molecule has 2 aromatic rings. The minimum Gasteiger partial charge on any atom is -0.467 e. The lowest BCUT2D eigenvalue weighted by Gasteiger charge is -2.02. The second-order valence-corrected chi connectivity index (χ2v) is 4.90. The number of furan rings is 1. The third-order valence-corrected chi connectivity index (χ3v) is 3.08. The SMILES string of the molecule is N#C/C(=C/c1ccc(Br)cc1)C(=O)NCc1ccco1. The van der Waals surface area contributed by atoms with E-state index in [1.807, 2.05) is 30.3 Å². The van der Waals surface area contributed by atoms with Crippen molar-refractivity contribution in [2.45, 2.75) is 6.54 Å². The Morgan fingerprint density at radius 2 is 2.10 bits per heavy atom. The number of nitrogens with one attached hydrogen (secondary N) is 1. The van der Waals surface area contributed by atoms with E-state index in [0.717, 1.165) is 10.0 Å². The van der Waals surface area contributed by atoms with Gasteiger partial charge in [-0.3, -0.25) is 4.79 Å². The van der Waals surface area contributed by atoms with Gasteiger partial charge >= 0.3 is 0 Å². The molecule has 0 aliphatic rings. The molecule has 0 spiro atoms. The lowest BCUT2D eigenvalue weighted by molar-refractivity contribution is -0.117. The summed E-state index contributed by atoms with van der Waals surface area (Å²) in [5.41, 5.74) is 0.844. The van der Waals surface area contributed by atoms with Crippen molar-refractivity contribution < 1.29 is 9.21 Å². The molecular formula is C15H11BrN2O2. The van der Waals surface area contributed by atoms with Crippen molar-refractivity contribution in [2.24, 2.45) is 0 Å². The van der Waals surface area contributed by atoms with E-state index in [0.29, 0.717) is 5.76 Å². The molecule has 0 aliphatic carbocycles. The van der Waals surface area contributed by atoms with Crippen LogP contribution in [0.4, 0.5) is 0 Å². The quantitative estimate of drug-likeness (QED) is 0.691. The van der Waals surface area contributed by atoms with Crippen LogP contribution < -0.4 is 5.32 Å². The zero-order valence-electron chi connectivity index (χ0n) is 10.5. The highest BCUT2D eigenvalue weighted by Crippen LogP contribution is 2.13. The van der Waals surface area contributed by atoms with Crippen LogP contribution in [0.3, 0.4) is 0 Å². The van der Waals surface area contributed by atoms with Gasteiger partial charge < -0.3 is 9.73 Å². The van der Waals surface area contributed by atoms with Crippen molar-refractivity contribution in [3.8, 4) is 6.07 Å². The number of nitriles is 1. The lowest BCUT2D eigenvalue weighted by Crippen LogP contribution is -2.23. The molecule has 1 heterocycles. The number of nitrogens with zero attached hydrogens (tertiary/aromatic N) is 1. The fraction of sp³-hybridized carbons (Fsp3) is 0.0667. The maximum absolute atomic E-state index is 11.9. The number of carbonyl (C=O) groups excluding carboxylic acids is 1. The van der Waals surface area contributed by atoms with Crippen LogP contribution in [0.2, 0.25) is 0 Å². The predicted molar refractivity (Wildman–Crippen MR) is 78.3 cm³/mol. The van der Waals surface area contributed by atoms with E-state index in [1.165, 1.54) is 6.26 Å². The van der Waals surface area contributed by atoms with E-state index in [2.05, 4.69) is 21.2 Å². The molecule has 0 atom stereocenters. The normalized spacial score (nSPS) is 10.9. The first kappa shape index (κ1) is 14.1. The highest BCUT2D eigenvalue weighted by molar-refractivity contribution is 9.10. The molecular weight excluding hydrogens is 320 g/mol. The van der Waals surface area contributed by atoms with Crippen molar-refractivity contribution in [2.75, 3.05) is 0 Å². The highest BCUT2D eigenvalue weighted by atomic mass is 79.9. The summed E-state index contributed by atoms with van der Waals surface area (Å²) in [4.78, 5) is 11.9. The molecule has 4 nitrogen and oxygen atoms in total. The number of hydrogen-bond donors (Lipinski definition) is 1. The predicted octanol–water partition coefficient (Wildman–Crippen LogP) is 3.27. The molecule has 1 aromatic carbocycles. The second kappa shape index (κ2) is 6.73. The highest BCUT2D eigenvalue weighted by Gasteiger charge is 2.09. The topological polar surface area (TPSA) is 66.0 Å². The Bertz CT molecular complexity index is 652. The van der Waals surface area contributed by atoms with Gasteiger partial charge in [0.25, 0.3) is 5.91 Å². The van der Waals surface area contributed by atoms with E-state index in [-0.39, 0.29) is 12.1 Å². The summed E-state index contributed by atoms with van der Waals surface area (Å²) in [6.45, 7) is 0.255. The Hall–Kier alpha value is -2.32. The monoisotopic (exact) mass is 330 g/mol. The summed E-state index contributed by atoms with van der Waals surface area (Å²) in [7, 11) is 0. The molecule has 0 aliphatic heterocycles. The molecule has 0 saturated heterocycles. The van der Waals surface area contributed by atoms with Gasteiger partial charge in [-0.1, -0.05) is 28.1 Å². The maximum Gasteiger partial charge on any atom is 0.262 e. The first-order valence-electron chi connectivity index (χ1n) is 5.87. The van der Waals surface area contributed by atoms with Gasteiger partial charge in [0.1, 0.15) is 17.4 Å². The van der Waals surface area contributed by atoms with Gasteiger partial charge in [0.05, 0.1) is 12.8 Å². The molecule has 0 unspecified atom stereocenters. The van der Waals surface area contributed by atoms with Crippen LogP contribution in [0.1, 0.15) is 11.3 Å². The van der Waals surface area contributed by atoms with Crippen LogP contribution >= 0.6 is 15.9 Å². The minimum absolute atomic E-state index is 0.0545. The Balaban J connectivity index is 2.05. The fourth-order valence-electron chi connectivity index (χ4n) is 1.55. The maximum atomic E-state index is 11.9. The van der Waals surface area contributed by atoms with Crippen LogP contribution in [-0.4, -0.2) is 5.91 Å². The second-order valence-electron chi connectivity index (χ2n) is 3.98. The van der Waals surface area contributed by atoms with Crippen LogP contribution in [0.15, 0.2) is 57.1 Å². The number of carbonyl (C=O) groups is 1. The Morgan fingerprint density at radius 1 is 1.35 bits per heavy atom. The number of halogens is 1. The standard InChI is InChI=1S/C15H11BrN2O2/c16-13-5-3-11(4-6-13)8-12(9-17)15(19)18-10-14-2-1-7-20-14/h1-8H,10H2,(H,18,19)/b12-8-. The molecule has 0 fully saturated rings. The summed E-state index contributed by atoms with van der Waals surface area (Å²) >= 11 is 3.33. The van der Waals surface area contributed by atoms with Crippen molar-refractivity contribution in [1.82, 2.24) is 5.32 Å². The van der Waals surface area contributed by atoms with Crippen LogP contribution in [0, 0.1) is 11.3 Å². The zero-order chi connectivity index (χ0) is 14.4. The molecule has 100 valence electrons. The summed E-state index contributed by atoms with van der Waals surface area (Å²) in [6, 6.07) is 12.7. The van der Waals surface area contributed by atoms with E-state index in [9.17, 15) is 4.79 Å². The molecule has 5 heteroatoms. The van der Waals surface area contributed by atoms with E-state index in [4.69, 9.17) is 9.68 Å². The van der Waals surface area contributed by atoms with E-state index >= 15 is 0 Å². The fourth-order valence-corrected chi connectivity index (χ4v) is 1.81. The van der Waals surface area contributed by atoms with Gasteiger partial charge in [-0.15, -0.1) is 0 Å². The molecule has 20 heavy (non-hydrogen) atoms. The average molecular weight is 331 g/mol. The summed E-state index contributed by atoms with van der Waals surface area (Å²) in [6.07, 6.45) is 3.08. The van der Waals surface area contributed by atoms with Crippen LogP contribution in [-0.2, 0) is 11.3 Å². The number of rotatable bonds is 4. The minimum atomic E-state index is -0.424. The number of amides is 1. The summed E-state index contributed by atoms with van der Waals surface area (Å²) < 4.78 is 6.05. The van der Waals surface area contributed by atoms with Gasteiger partial charge in [0.15, 0.2) is 0 Å². The van der Waals surface area contributed by atoms with Gasteiger partial charge in [-0.2, -0.15) is 5.26 Å². The number of hydrogen-bond acceptors (Lipinski definition) is 3. The van der Waals surface area contributed by atoms with Gasteiger partial charge in [0.2, 0.25) is 0 Å². The average Bonchev–Trinajstić information content (AvgIpc) is 2.97. The van der Waals surface area contributed by atoms with Crippen LogP contribution in [0.25, 0.3) is 6.08 Å². The molecule has 0 bridgehead atoms. The van der Waals surface area contributed by atoms with Gasteiger partial charge in [-0.05, 0) is 35.9 Å². The van der Waals surface area contributed by atoms with Crippen molar-refractivity contribution >= 4 is 27.9 Å². The molecule has 1 N–H and O–H groups in total. The Labute approximate surface area is 124 Å². The molecule has 0 radical (unpaired) electrons. The smallest absolute Gasteiger partial charge is 0.262 e.